The molecule has 1 amide bonds. The van der Waals surface area contributed by atoms with Crippen LogP contribution < -0.4 is 5.32 Å². The number of aromatic nitrogens is 2. The lowest BCUT2D eigenvalue weighted by Gasteiger charge is -2.00. The van der Waals surface area contributed by atoms with Gasteiger partial charge in [-0.05, 0) is 19.1 Å². The Bertz CT molecular complexity index is 654. The van der Waals surface area contributed by atoms with E-state index in [1.807, 2.05) is 0 Å². The molecular formula is C12H10ClN3O2S. The van der Waals surface area contributed by atoms with E-state index in [4.69, 9.17) is 11.6 Å². The smallest absolute Gasteiger partial charge is 0.276 e. The van der Waals surface area contributed by atoms with Crippen molar-refractivity contribution in [3.05, 3.63) is 39.6 Å². The summed E-state index contributed by atoms with van der Waals surface area (Å²) in [4.78, 5) is 31.8. The molecule has 0 spiro atoms. The molecule has 2 aromatic rings. The molecule has 2 heterocycles. The van der Waals surface area contributed by atoms with Crippen LogP contribution in [-0.4, -0.2) is 21.7 Å². The minimum Gasteiger partial charge on any atom is -0.296 e. The summed E-state index contributed by atoms with van der Waals surface area (Å²) in [6.45, 7) is 3.19. The maximum atomic E-state index is 11.9. The van der Waals surface area contributed by atoms with Crippen molar-refractivity contribution in [1.29, 1.82) is 0 Å². The van der Waals surface area contributed by atoms with E-state index in [0.29, 0.717) is 20.7 Å². The van der Waals surface area contributed by atoms with Crippen molar-refractivity contribution >= 4 is 39.8 Å². The number of anilines is 1. The molecule has 2 aromatic heterocycles. The standard InChI is InChI=1S/C12H10ClN3O2S/c1-6-10(7(2)17)19-12(15-6)16-11(18)9-5-8(13)3-4-14-9/h3-5H,1-2H3,(H,15,16,18). The van der Waals surface area contributed by atoms with Gasteiger partial charge in [0.25, 0.3) is 5.91 Å². The number of ketones is 1. The first-order valence-electron chi connectivity index (χ1n) is 5.38. The van der Waals surface area contributed by atoms with Crippen LogP contribution in [0.2, 0.25) is 5.02 Å². The largest absolute Gasteiger partial charge is 0.296 e. The van der Waals surface area contributed by atoms with Crippen molar-refractivity contribution in [3.8, 4) is 0 Å². The lowest BCUT2D eigenvalue weighted by atomic mass is 10.3. The third-order valence-electron chi connectivity index (χ3n) is 2.29. The summed E-state index contributed by atoms with van der Waals surface area (Å²) in [5, 5.41) is 3.40. The van der Waals surface area contributed by atoms with Gasteiger partial charge in [-0.1, -0.05) is 22.9 Å². The fourth-order valence-corrected chi connectivity index (χ4v) is 2.48. The van der Waals surface area contributed by atoms with Gasteiger partial charge >= 0.3 is 0 Å². The van der Waals surface area contributed by atoms with Crippen LogP contribution in [0.5, 0.6) is 0 Å². The Labute approximate surface area is 118 Å². The summed E-state index contributed by atoms with van der Waals surface area (Å²) >= 11 is 6.93. The Balaban J connectivity index is 2.20. The summed E-state index contributed by atoms with van der Waals surface area (Å²) in [5.41, 5.74) is 0.802. The Kier molecular flexibility index (Phi) is 3.92. The zero-order chi connectivity index (χ0) is 14.0. The van der Waals surface area contributed by atoms with Gasteiger partial charge in [0.05, 0.1) is 10.6 Å². The molecule has 19 heavy (non-hydrogen) atoms. The highest BCUT2D eigenvalue weighted by Gasteiger charge is 2.15. The van der Waals surface area contributed by atoms with Gasteiger partial charge in [0.1, 0.15) is 5.69 Å². The molecule has 0 unspecified atom stereocenters. The minimum absolute atomic E-state index is 0.0728. The number of rotatable bonds is 3. The number of hydrogen-bond donors (Lipinski definition) is 1. The van der Waals surface area contributed by atoms with Crippen LogP contribution in [-0.2, 0) is 0 Å². The van der Waals surface area contributed by atoms with E-state index in [1.165, 1.54) is 19.2 Å². The van der Waals surface area contributed by atoms with Gasteiger partial charge in [-0.3, -0.25) is 19.9 Å². The monoisotopic (exact) mass is 295 g/mol. The Hall–Kier alpha value is -1.79. The molecule has 0 aliphatic heterocycles. The van der Waals surface area contributed by atoms with Gasteiger partial charge in [0, 0.05) is 18.1 Å². The van der Waals surface area contributed by atoms with Crippen molar-refractivity contribution in [1.82, 2.24) is 9.97 Å². The summed E-state index contributed by atoms with van der Waals surface area (Å²) in [6, 6.07) is 3.04. The average Bonchev–Trinajstić information content (AvgIpc) is 2.70. The molecule has 0 radical (unpaired) electrons. The van der Waals surface area contributed by atoms with Crippen LogP contribution in [0.3, 0.4) is 0 Å². The van der Waals surface area contributed by atoms with Gasteiger partial charge < -0.3 is 0 Å². The second-order valence-corrected chi connectivity index (χ2v) is 5.24. The predicted molar refractivity (Wildman–Crippen MR) is 74.1 cm³/mol. The number of amides is 1. The Morgan fingerprint density at radius 1 is 1.42 bits per heavy atom. The summed E-state index contributed by atoms with van der Waals surface area (Å²) < 4.78 is 0. The van der Waals surface area contributed by atoms with E-state index in [1.54, 1.807) is 13.0 Å². The van der Waals surface area contributed by atoms with Crippen molar-refractivity contribution in [3.63, 3.8) is 0 Å². The van der Waals surface area contributed by atoms with Crippen LogP contribution in [0.15, 0.2) is 18.3 Å². The van der Waals surface area contributed by atoms with Crippen LogP contribution in [0, 0.1) is 6.92 Å². The molecule has 98 valence electrons. The number of pyridine rings is 1. The average molecular weight is 296 g/mol. The lowest BCUT2D eigenvalue weighted by molar-refractivity contribution is 0.101. The number of halogens is 1. The minimum atomic E-state index is -0.411. The third-order valence-corrected chi connectivity index (χ3v) is 3.70. The highest BCUT2D eigenvalue weighted by molar-refractivity contribution is 7.17. The maximum Gasteiger partial charge on any atom is 0.276 e. The summed E-state index contributed by atoms with van der Waals surface area (Å²) in [5.74, 6) is -0.484. The number of nitrogens with zero attached hydrogens (tertiary/aromatic N) is 2. The molecule has 0 aliphatic rings. The molecular weight excluding hydrogens is 286 g/mol. The number of carbonyl (C=O) groups excluding carboxylic acids is 2. The number of carbonyl (C=O) groups is 2. The molecule has 1 N–H and O–H groups in total. The van der Waals surface area contributed by atoms with E-state index >= 15 is 0 Å². The molecule has 7 heteroatoms. The molecule has 0 saturated heterocycles. The SMILES string of the molecule is CC(=O)c1sc(NC(=O)c2cc(Cl)ccn2)nc1C. The highest BCUT2D eigenvalue weighted by Crippen LogP contribution is 2.23. The van der Waals surface area contributed by atoms with Crippen molar-refractivity contribution in [2.75, 3.05) is 5.32 Å². The van der Waals surface area contributed by atoms with E-state index in [9.17, 15) is 9.59 Å². The predicted octanol–water partition coefficient (Wildman–Crippen LogP) is 2.95. The van der Waals surface area contributed by atoms with Gasteiger partial charge in [0.2, 0.25) is 0 Å². The van der Waals surface area contributed by atoms with E-state index < -0.39 is 5.91 Å². The quantitative estimate of drug-likeness (QED) is 0.884. The second-order valence-electron chi connectivity index (χ2n) is 3.80. The first kappa shape index (κ1) is 13.6. The fourth-order valence-electron chi connectivity index (χ4n) is 1.47. The van der Waals surface area contributed by atoms with E-state index in [0.717, 1.165) is 11.3 Å². The number of hydrogen-bond acceptors (Lipinski definition) is 5. The number of aryl methyl sites for hydroxylation is 1. The van der Waals surface area contributed by atoms with E-state index in [2.05, 4.69) is 15.3 Å². The van der Waals surface area contributed by atoms with Crippen molar-refractivity contribution in [2.24, 2.45) is 0 Å². The van der Waals surface area contributed by atoms with Crippen LogP contribution in [0.25, 0.3) is 0 Å². The maximum absolute atomic E-state index is 11.9. The van der Waals surface area contributed by atoms with Crippen molar-refractivity contribution < 1.29 is 9.59 Å². The number of Topliss-reactive ketones (excluding diaryl/α,β-unsaturated/α-hetero) is 1. The van der Waals surface area contributed by atoms with Crippen LogP contribution in [0.1, 0.15) is 32.8 Å². The number of thiazole rings is 1. The summed E-state index contributed by atoms with van der Waals surface area (Å²) in [6.07, 6.45) is 1.45. The zero-order valence-electron chi connectivity index (χ0n) is 10.2. The molecule has 0 bridgehead atoms. The Morgan fingerprint density at radius 2 is 2.16 bits per heavy atom. The first-order valence-corrected chi connectivity index (χ1v) is 6.58. The molecule has 0 atom stereocenters. The van der Waals surface area contributed by atoms with Gasteiger partial charge in [0.15, 0.2) is 10.9 Å². The lowest BCUT2D eigenvalue weighted by Crippen LogP contribution is -2.13. The van der Waals surface area contributed by atoms with Crippen molar-refractivity contribution in [2.45, 2.75) is 13.8 Å². The van der Waals surface area contributed by atoms with E-state index in [-0.39, 0.29) is 11.5 Å². The topological polar surface area (TPSA) is 72.0 Å². The second kappa shape index (κ2) is 5.46. The molecule has 0 fully saturated rings. The first-order chi connectivity index (χ1) is 8.97. The Morgan fingerprint density at radius 3 is 2.74 bits per heavy atom. The number of nitrogens with one attached hydrogen (secondary N) is 1. The van der Waals surface area contributed by atoms with Gasteiger partial charge in [-0.15, -0.1) is 0 Å². The van der Waals surface area contributed by atoms with Crippen LogP contribution in [0.4, 0.5) is 5.13 Å². The molecule has 0 saturated carbocycles. The highest BCUT2D eigenvalue weighted by atomic mass is 35.5. The molecule has 0 aliphatic carbocycles. The molecule has 0 aromatic carbocycles. The van der Waals surface area contributed by atoms with Crippen LogP contribution >= 0.6 is 22.9 Å². The zero-order valence-corrected chi connectivity index (χ0v) is 11.8. The van der Waals surface area contributed by atoms with Gasteiger partial charge in [-0.25, -0.2) is 4.98 Å². The molecule has 2 rings (SSSR count). The normalized spacial score (nSPS) is 10.3. The summed E-state index contributed by atoms with van der Waals surface area (Å²) in [7, 11) is 0. The van der Waals surface area contributed by atoms with Gasteiger partial charge in [-0.2, -0.15) is 0 Å². The molecule has 5 nitrogen and oxygen atoms in total. The third kappa shape index (κ3) is 3.15. The fraction of sp³-hybridized carbons (Fsp3) is 0.167.